The van der Waals surface area contributed by atoms with Gasteiger partial charge >= 0.3 is 0 Å². The van der Waals surface area contributed by atoms with Crippen molar-refractivity contribution < 1.29 is 8.78 Å². The van der Waals surface area contributed by atoms with E-state index in [1.165, 1.54) is 6.07 Å². The van der Waals surface area contributed by atoms with Gasteiger partial charge in [0.1, 0.15) is 0 Å². The van der Waals surface area contributed by atoms with Crippen molar-refractivity contribution in [3.63, 3.8) is 0 Å². The fourth-order valence-electron chi connectivity index (χ4n) is 1.45. The summed E-state index contributed by atoms with van der Waals surface area (Å²) in [6, 6.07) is 4.82. The number of nitrogens with one attached hydrogen (secondary N) is 1. The van der Waals surface area contributed by atoms with Gasteiger partial charge in [-0.2, -0.15) is 8.78 Å². The molecule has 0 saturated heterocycles. The molecule has 0 spiro atoms. The Kier molecular flexibility index (Phi) is 3.92. The monoisotopic (exact) mass is 241 g/mol. The predicted molar refractivity (Wildman–Crippen MR) is 67.6 cm³/mol. The highest BCUT2D eigenvalue weighted by Gasteiger charge is 2.32. The summed E-state index contributed by atoms with van der Waals surface area (Å²) in [5, 5.41) is 2.84. The highest BCUT2D eigenvalue weighted by molar-refractivity contribution is 5.32. The molecule has 0 bridgehead atoms. The Morgan fingerprint density at radius 1 is 1.06 bits per heavy atom. The van der Waals surface area contributed by atoms with Crippen LogP contribution in [0.1, 0.15) is 37.5 Å². The number of halogens is 2. The average molecular weight is 241 g/mol. The third-order valence-corrected chi connectivity index (χ3v) is 2.77. The van der Waals surface area contributed by atoms with Crippen molar-refractivity contribution in [2.24, 2.45) is 0 Å². The molecule has 0 unspecified atom stereocenters. The van der Waals surface area contributed by atoms with Gasteiger partial charge < -0.3 is 5.32 Å². The minimum absolute atomic E-state index is 0.0809. The molecule has 0 saturated carbocycles. The van der Waals surface area contributed by atoms with Crippen molar-refractivity contribution >= 4 is 0 Å². The normalized spacial score (nSPS) is 12.9. The summed E-state index contributed by atoms with van der Waals surface area (Å²) in [7, 11) is 0. The molecule has 0 fully saturated rings. The molecule has 3 heteroatoms. The molecule has 1 rings (SSSR count). The van der Waals surface area contributed by atoms with Crippen LogP contribution in [0.2, 0.25) is 0 Å². The van der Waals surface area contributed by atoms with Crippen LogP contribution in [0.25, 0.3) is 0 Å². The maximum Gasteiger partial charge on any atom is 0.285 e. The lowest BCUT2D eigenvalue weighted by Gasteiger charge is -2.25. The van der Waals surface area contributed by atoms with E-state index in [4.69, 9.17) is 0 Å². The van der Waals surface area contributed by atoms with Crippen molar-refractivity contribution in [3.05, 3.63) is 34.9 Å². The molecule has 0 aliphatic heterocycles. The molecule has 1 aromatic rings. The van der Waals surface area contributed by atoms with Gasteiger partial charge in [-0.3, -0.25) is 0 Å². The van der Waals surface area contributed by atoms with Crippen molar-refractivity contribution in [3.8, 4) is 0 Å². The predicted octanol–water partition coefficient (Wildman–Crippen LogP) is 3.78. The lowest BCUT2D eigenvalue weighted by atomic mass is 10.0. The first kappa shape index (κ1) is 14.1. The number of hydrogen-bond donors (Lipinski definition) is 1. The first-order valence-corrected chi connectivity index (χ1v) is 5.82. The lowest BCUT2D eigenvalue weighted by molar-refractivity contribution is -0.00866. The van der Waals surface area contributed by atoms with Gasteiger partial charge in [0.25, 0.3) is 5.92 Å². The Balaban J connectivity index is 2.85. The van der Waals surface area contributed by atoms with E-state index < -0.39 is 5.92 Å². The Morgan fingerprint density at radius 2 is 1.65 bits per heavy atom. The van der Waals surface area contributed by atoms with E-state index >= 15 is 0 Å². The highest BCUT2D eigenvalue weighted by Crippen LogP contribution is 2.29. The highest BCUT2D eigenvalue weighted by atomic mass is 19.3. The molecule has 1 nitrogen and oxygen atoms in total. The number of rotatable bonds is 3. The van der Waals surface area contributed by atoms with E-state index in [-0.39, 0.29) is 17.6 Å². The van der Waals surface area contributed by atoms with E-state index in [0.29, 0.717) is 0 Å². The molecule has 0 heterocycles. The van der Waals surface area contributed by atoms with Gasteiger partial charge in [0.2, 0.25) is 0 Å². The molecule has 0 aliphatic rings. The van der Waals surface area contributed by atoms with Gasteiger partial charge in [0.05, 0.1) is 6.54 Å². The second-order valence-electron chi connectivity index (χ2n) is 5.61. The van der Waals surface area contributed by atoms with Crippen LogP contribution in [0.3, 0.4) is 0 Å². The Morgan fingerprint density at radius 3 is 2.12 bits per heavy atom. The van der Waals surface area contributed by atoms with E-state index in [1.807, 2.05) is 34.6 Å². The van der Waals surface area contributed by atoms with Crippen molar-refractivity contribution in [2.45, 2.75) is 46.1 Å². The maximum absolute atomic E-state index is 13.9. The fourth-order valence-corrected chi connectivity index (χ4v) is 1.45. The van der Waals surface area contributed by atoms with E-state index in [9.17, 15) is 8.78 Å². The minimum atomic E-state index is -2.83. The van der Waals surface area contributed by atoms with Gasteiger partial charge in [0, 0.05) is 11.1 Å². The van der Waals surface area contributed by atoms with Crippen LogP contribution >= 0.6 is 0 Å². The molecule has 0 atom stereocenters. The van der Waals surface area contributed by atoms with Crippen LogP contribution in [0.15, 0.2) is 18.2 Å². The zero-order valence-electron chi connectivity index (χ0n) is 11.2. The number of alkyl halides is 2. The summed E-state index contributed by atoms with van der Waals surface area (Å²) >= 11 is 0. The zero-order chi connectivity index (χ0) is 13.3. The summed E-state index contributed by atoms with van der Waals surface area (Å²) in [6.45, 7) is 9.08. The van der Waals surface area contributed by atoms with E-state index in [2.05, 4.69) is 5.32 Å². The summed E-state index contributed by atoms with van der Waals surface area (Å²) in [5.41, 5.74) is 1.71. The molecule has 0 amide bonds. The molecular formula is C14H21F2N. The van der Waals surface area contributed by atoms with Crippen LogP contribution in [-0.2, 0) is 5.92 Å². The van der Waals surface area contributed by atoms with Crippen LogP contribution in [0.5, 0.6) is 0 Å². The van der Waals surface area contributed by atoms with Gasteiger partial charge in [-0.15, -0.1) is 0 Å². The first-order chi connectivity index (χ1) is 7.62. The van der Waals surface area contributed by atoms with Crippen LogP contribution in [0, 0.1) is 13.8 Å². The Labute approximate surface area is 102 Å². The summed E-state index contributed by atoms with van der Waals surface area (Å²) < 4.78 is 27.9. The summed E-state index contributed by atoms with van der Waals surface area (Å²) in [4.78, 5) is 0. The van der Waals surface area contributed by atoms with Gasteiger partial charge in [-0.1, -0.05) is 12.1 Å². The van der Waals surface area contributed by atoms with Crippen molar-refractivity contribution in [2.75, 3.05) is 6.54 Å². The average Bonchev–Trinajstić information content (AvgIpc) is 2.18. The van der Waals surface area contributed by atoms with Gasteiger partial charge in [0.15, 0.2) is 0 Å². The van der Waals surface area contributed by atoms with E-state index in [1.54, 1.807) is 12.1 Å². The number of aryl methyl sites for hydroxylation is 2. The van der Waals surface area contributed by atoms with Gasteiger partial charge in [-0.05, 0) is 51.8 Å². The summed E-state index contributed by atoms with van der Waals surface area (Å²) in [5.74, 6) is -2.83. The fraction of sp³-hybridized carbons (Fsp3) is 0.571. The van der Waals surface area contributed by atoms with Crippen molar-refractivity contribution in [1.82, 2.24) is 5.32 Å². The van der Waals surface area contributed by atoms with Crippen LogP contribution in [0.4, 0.5) is 8.78 Å². The summed E-state index contributed by atoms with van der Waals surface area (Å²) in [6.07, 6.45) is 0. The number of hydrogen-bond acceptors (Lipinski definition) is 1. The molecule has 1 aromatic carbocycles. The Bertz CT molecular complexity index is 392. The third kappa shape index (κ3) is 4.08. The molecule has 0 radical (unpaired) electrons. The quantitative estimate of drug-likeness (QED) is 0.849. The standard InChI is InChI=1S/C14H21F2N/c1-10-6-7-12(8-11(10)2)14(15,16)9-17-13(3,4)5/h6-8,17H,9H2,1-5H3. The number of benzene rings is 1. The third-order valence-electron chi connectivity index (χ3n) is 2.77. The largest absolute Gasteiger partial charge is 0.306 e. The molecule has 17 heavy (non-hydrogen) atoms. The second kappa shape index (κ2) is 4.73. The maximum atomic E-state index is 13.9. The lowest BCUT2D eigenvalue weighted by Crippen LogP contribution is -2.42. The molecule has 96 valence electrons. The van der Waals surface area contributed by atoms with Crippen LogP contribution in [-0.4, -0.2) is 12.1 Å². The SMILES string of the molecule is Cc1ccc(C(F)(F)CNC(C)(C)C)cc1C. The molecule has 0 aliphatic carbocycles. The molecular weight excluding hydrogens is 220 g/mol. The van der Waals surface area contributed by atoms with Gasteiger partial charge in [-0.25, -0.2) is 0 Å². The van der Waals surface area contributed by atoms with Crippen molar-refractivity contribution in [1.29, 1.82) is 0 Å². The zero-order valence-corrected chi connectivity index (χ0v) is 11.2. The van der Waals surface area contributed by atoms with Crippen LogP contribution < -0.4 is 5.32 Å². The second-order valence-corrected chi connectivity index (χ2v) is 5.61. The topological polar surface area (TPSA) is 12.0 Å². The molecule has 1 N–H and O–H groups in total. The smallest absolute Gasteiger partial charge is 0.285 e. The Hall–Kier alpha value is -0.960. The first-order valence-electron chi connectivity index (χ1n) is 5.82. The molecule has 0 aromatic heterocycles. The minimum Gasteiger partial charge on any atom is -0.306 e. The van der Waals surface area contributed by atoms with E-state index in [0.717, 1.165) is 11.1 Å².